The second-order valence-corrected chi connectivity index (χ2v) is 8.43. The second kappa shape index (κ2) is 8.31. The Balaban J connectivity index is 1.50. The van der Waals surface area contributed by atoms with Crippen LogP contribution in [0.2, 0.25) is 0 Å². The molecule has 2 heterocycles. The number of hydrogen-bond acceptors (Lipinski definition) is 4. The van der Waals surface area contributed by atoms with Gasteiger partial charge in [-0.05, 0) is 42.5 Å². The highest BCUT2D eigenvalue weighted by atomic mass is 32.2. The summed E-state index contributed by atoms with van der Waals surface area (Å²) in [4.78, 5) is 18.8. The fourth-order valence-electron chi connectivity index (χ4n) is 3.50. The number of rotatable bonds is 4. The lowest BCUT2D eigenvalue weighted by molar-refractivity contribution is -0.137. The fraction of sp³-hybridized carbons (Fsp3) is 0.333. The third-order valence-corrected chi connectivity index (χ3v) is 6.05. The quantitative estimate of drug-likeness (QED) is 0.667. The highest BCUT2D eigenvalue weighted by Gasteiger charge is 2.31. The van der Waals surface area contributed by atoms with E-state index < -0.39 is 11.7 Å². The van der Waals surface area contributed by atoms with Crippen molar-refractivity contribution in [3.8, 4) is 11.4 Å². The molecule has 5 nitrogen and oxygen atoms in total. The van der Waals surface area contributed by atoms with E-state index in [1.54, 1.807) is 35.9 Å². The standard InChI is InChI=1S/C21H21F3N4OS/c1-27-18-7-4-15(21(22,23)24)12-17(18)26-20(27)14-2-5-16(6-3-14)25-19(29)13-28-8-10-30-11-9-28/h2-7,12H,8-11,13H2,1H3,(H,25,29). The summed E-state index contributed by atoms with van der Waals surface area (Å²) in [5.41, 5.74) is 1.63. The third-order valence-electron chi connectivity index (χ3n) is 5.11. The first kappa shape index (κ1) is 20.7. The molecular formula is C21H21F3N4OS. The molecular weight excluding hydrogens is 413 g/mol. The predicted octanol–water partition coefficient (Wildman–Crippen LogP) is 4.25. The van der Waals surface area contributed by atoms with Gasteiger partial charge in [0.05, 0.1) is 23.1 Å². The van der Waals surface area contributed by atoms with E-state index in [0.29, 0.717) is 29.1 Å². The van der Waals surface area contributed by atoms with Crippen molar-refractivity contribution in [2.45, 2.75) is 6.18 Å². The number of nitrogens with zero attached hydrogens (tertiary/aromatic N) is 3. The van der Waals surface area contributed by atoms with Crippen molar-refractivity contribution in [3.63, 3.8) is 0 Å². The summed E-state index contributed by atoms with van der Waals surface area (Å²) in [6.07, 6.45) is -4.40. The fourth-order valence-corrected chi connectivity index (χ4v) is 4.48. The number of imidazole rings is 1. The van der Waals surface area contributed by atoms with E-state index in [0.717, 1.165) is 42.3 Å². The molecule has 2 aromatic carbocycles. The molecule has 1 fully saturated rings. The zero-order valence-corrected chi connectivity index (χ0v) is 17.2. The van der Waals surface area contributed by atoms with Crippen LogP contribution in [0.5, 0.6) is 0 Å². The molecule has 0 aliphatic carbocycles. The number of thioether (sulfide) groups is 1. The molecule has 30 heavy (non-hydrogen) atoms. The minimum atomic E-state index is -4.40. The van der Waals surface area contributed by atoms with Crippen molar-refractivity contribution in [1.29, 1.82) is 0 Å². The largest absolute Gasteiger partial charge is 0.416 e. The van der Waals surface area contributed by atoms with Crippen LogP contribution in [0.3, 0.4) is 0 Å². The van der Waals surface area contributed by atoms with Gasteiger partial charge >= 0.3 is 6.18 Å². The number of alkyl halides is 3. The first-order valence-electron chi connectivity index (χ1n) is 9.55. The normalized spacial score (nSPS) is 15.5. The van der Waals surface area contributed by atoms with Gasteiger partial charge in [0.25, 0.3) is 0 Å². The molecule has 1 N–H and O–H groups in total. The minimum absolute atomic E-state index is 0.0583. The van der Waals surface area contributed by atoms with Crippen molar-refractivity contribution >= 4 is 34.4 Å². The molecule has 1 aliphatic rings. The summed E-state index contributed by atoms with van der Waals surface area (Å²) in [5, 5.41) is 2.89. The Morgan fingerprint density at radius 1 is 1.13 bits per heavy atom. The number of carbonyl (C=O) groups is 1. The summed E-state index contributed by atoms with van der Waals surface area (Å²) in [7, 11) is 1.77. The SMILES string of the molecule is Cn1c(-c2ccc(NC(=O)CN3CCSCC3)cc2)nc2cc(C(F)(F)F)ccc21. The summed E-state index contributed by atoms with van der Waals surface area (Å²) < 4.78 is 40.7. The molecule has 1 amide bonds. The molecule has 4 rings (SSSR count). The molecule has 0 radical (unpaired) electrons. The van der Waals surface area contributed by atoms with Gasteiger partial charge in [0.1, 0.15) is 5.82 Å². The maximum absolute atomic E-state index is 13.0. The number of carbonyl (C=O) groups excluding carboxylic acids is 1. The van der Waals surface area contributed by atoms with E-state index in [2.05, 4.69) is 15.2 Å². The van der Waals surface area contributed by atoms with Crippen LogP contribution in [0.25, 0.3) is 22.4 Å². The predicted molar refractivity (Wildman–Crippen MR) is 114 cm³/mol. The van der Waals surface area contributed by atoms with Crippen LogP contribution in [0.15, 0.2) is 42.5 Å². The van der Waals surface area contributed by atoms with Crippen molar-refractivity contribution in [2.75, 3.05) is 36.5 Å². The number of fused-ring (bicyclic) bond motifs is 1. The lowest BCUT2D eigenvalue weighted by atomic mass is 10.2. The van der Waals surface area contributed by atoms with E-state index in [-0.39, 0.29) is 5.91 Å². The lowest BCUT2D eigenvalue weighted by Gasteiger charge is -2.25. The molecule has 1 aromatic heterocycles. The minimum Gasteiger partial charge on any atom is -0.327 e. The number of amides is 1. The van der Waals surface area contributed by atoms with Gasteiger partial charge in [0.2, 0.25) is 5.91 Å². The Hall–Kier alpha value is -2.52. The zero-order valence-electron chi connectivity index (χ0n) is 16.4. The Kier molecular flexibility index (Phi) is 5.75. The van der Waals surface area contributed by atoms with Gasteiger partial charge in [-0.15, -0.1) is 0 Å². The van der Waals surface area contributed by atoms with Crippen LogP contribution in [0.1, 0.15) is 5.56 Å². The van der Waals surface area contributed by atoms with Crippen LogP contribution in [-0.4, -0.2) is 51.5 Å². The van der Waals surface area contributed by atoms with Gasteiger partial charge in [-0.2, -0.15) is 24.9 Å². The topological polar surface area (TPSA) is 50.2 Å². The van der Waals surface area contributed by atoms with Crippen molar-refractivity contribution < 1.29 is 18.0 Å². The van der Waals surface area contributed by atoms with Crippen LogP contribution in [0, 0.1) is 0 Å². The van der Waals surface area contributed by atoms with Crippen LogP contribution >= 0.6 is 11.8 Å². The summed E-state index contributed by atoms with van der Waals surface area (Å²) in [6.45, 7) is 2.20. The molecule has 158 valence electrons. The van der Waals surface area contributed by atoms with Gasteiger partial charge in [-0.1, -0.05) is 0 Å². The van der Waals surface area contributed by atoms with Crippen molar-refractivity contribution in [3.05, 3.63) is 48.0 Å². The van der Waals surface area contributed by atoms with Gasteiger partial charge in [-0.25, -0.2) is 4.98 Å². The highest BCUT2D eigenvalue weighted by Crippen LogP contribution is 2.32. The first-order valence-corrected chi connectivity index (χ1v) is 10.7. The molecule has 1 saturated heterocycles. The van der Waals surface area contributed by atoms with Crippen molar-refractivity contribution in [1.82, 2.24) is 14.5 Å². The number of nitrogens with one attached hydrogen (secondary N) is 1. The van der Waals surface area contributed by atoms with E-state index in [1.165, 1.54) is 6.07 Å². The van der Waals surface area contributed by atoms with E-state index in [1.807, 2.05) is 11.8 Å². The maximum atomic E-state index is 13.0. The lowest BCUT2D eigenvalue weighted by Crippen LogP contribution is -2.38. The van der Waals surface area contributed by atoms with Crippen LogP contribution in [-0.2, 0) is 18.0 Å². The summed E-state index contributed by atoms with van der Waals surface area (Å²) in [6, 6.07) is 10.7. The van der Waals surface area contributed by atoms with E-state index in [9.17, 15) is 18.0 Å². The average Bonchev–Trinajstić information content (AvgIpc) is 3.05. The maximum Gasteiger partial charge on any atom is 0.416 e. The van der Waals surface area contributed by atoms with Gasteiger partial charge in [0, 0.05) is 42.9 Å². The summed E-state index contributed by atoms with van der Waals surface area (Å²) in [5.74, 6) is 2.60. The van der Waals surface area contributed by atoms with E-state index in [4.69, 9.17) is 0 Å². The second-order valence-electron chi connectivity index (χ2n) is 7.21. The molecule has 3 aromatic rings. The smallest absolute Gasteiger partial charge is 0.327 e. The third kappa shape index (κ3) is 4.46. The molecule has 0 atom stereocenters. The average molecular weight is 434 g/mol. The molecule has 1 aliphatic heterocycles. The van der Waals surface area contributed by atoms with Crippen molar-refractivity contribution in [2.24, 2.45) is 7.05 Å². The molecule has 0 spiro atoms. The number of aryl methyl sites for hydroxylation is 1. The Bertz CT molecular complexity index is 1060. The number of aromatic nitrogens is 2. The molecule has 9 heteroatoms. The first-order chi connectivity index (χ1) is 14.3. The molecule has 0 bridgehead atoms. The van der Waals surface area contributed by atoms with Crippen LogP contribution < -0.4 is 5.32 Å². The number of anilines is 1. The summed E-state index contributed by atoms with van der Waals surface area (Å²) >= 11 is 1.90. The van der Waals surface area contributed by atoms with E-state index >= 15 is 0 Å². The molecule has 0 unspecified atom stereocenters. The van der Waals surface area contributed by atoms with Gasteiger partial charge in [0.15, 0.2) is 0 Å². The van der Waals surface area contributed by atoms with Crippen LogP contribution in [0.4, 0.5) is 18.9 Å². The number of halogens is 3. The number of benzene rings is 2. The Labute approximate surface area is 176 Å². The zero-order chi connectivity index (χ0) is 21.3. The highest BCUT2D eigenvalue weighted by molar-refractivity contribution is 7.99. The van der Waals surface area contributed by atoms with Gasteiger partial charge in [-0.3, -0.25) is 9.69 Å². The Morgan fingerprint density at radius 2 is 1.83 bits per heavy atom. The van der Waals surface area contributed by atoms with Gasteiger partial charge < -0.3 is 9.88 Å². The Morgan fingerprint density at radius 3 is 2.50 bits per heavy atom. The number of hydrogen-bond donors (Lipinski definition) is 1. The molecule has 0 saturated carbocycles. The monoisotopic (exact) mass is 434 g/mol.